The Morgan fingerprint density at radius 2 is 1.77 bits per heavy atom. The van der Waals surface area contributed by atoms with Crippen LogP contribution in [0.5, 0.6) is 0 Å². The van der Waals surface area contributed by atoms with E-state index in [1.807, 2.05) is 18.7 Å². The second-order valence-electron chi connectivity index (χ2n) is 7.76. The van der Waals surface area contributed by atoms with Gasteiger partial charge >= 0.3 is 0 Å². The normalized spacial score (nSPS) is 24.1. The molecule has 2 aliphatic heterocycles. The average Bonchev–Trinajstić information content (AvgIpc) is 2.97. The number of likely N-dealkylation sites (tertiary alicyclic amines) is 1. The van der Waals surface area contributed by atoms with Crippen molar-refractivity contribution in [2.75, 3.05) is 26.2 Å². The summed E-state index contributed by atoms with van der Waals surface area (Å²) in [6, 6.07) is 6.39. The van der Waals surface area contributed by atoms with Gasteiger partial charge in [0.1, 0.15) is 6.04 Å². The van der Waals surface area contributed by atoms with Crippen LogP contribution >= 0.6 is 11.6 Å². The molecule has 5 nitrogen and oxygen atoms in total. The van der Waals surface area contributed by atoms with Crippen molar-refractivity contribution in [3.8, 4) is 0 Å². The molecule has 1 aromatic rings. The Balaban J connectivity index is 1.68. The number of halogens is 1. The van der Waals surface area contributed by atoms with Gasteiger partial charge in [0.05, 0.1) is 10.6 Å². The van der Waals surface area contributed by atoms with Crippen LogP contribution in [0.2, 0.25) is 5.02 Å². The van der Waals surface area contributed by atoms with Gasteiger partial charge in [-0.25, -0.2) is 0 Å². The summed E-state index contributed by atoms with van der Waals surface area (Å²) in [5.74, 6) is 1.08. The number of carbonyl (C=O) groups is 2. The number of benzene rings is 1. The molecular formula is C20H28ClN3O2. The van der Waals surface area contributed by atoms with E-state index in [-0.39, 0.29) is 17.7 Å². The van der Waals surface area contributed by atoms with Crippen molar-refractivity contribution < 1.29 is 9.59 Å². The molecule has 0 radical (unpaired) electrons. The van der Waals surface area contributed by atoms with E-state index in [1.165, 1.54) is 0 Å². The van der Waals surface area contributed by atoms with Crippen LogP contribution in [0.4, 0.5) is 0 Å². The third-order valence-corrected chi connectivity index (χ3v) is 6.00. The quantitative estimate of drug-likeness (QED) is 0.847. The highest BCUT2D eigenvalue weighted by Gasteiger charge is 2.34. The van der Waals surface area contributed by atoms with Crippen LogP contribution in [0, 0.1) is 17.8 Å². The van der Waals surface area contributed by atoms with Crippen molar-refractivity contribution in [3.63, 3.8) is 0 Å². The van der Waals surface area contributed by atoms with Crippen molar-refractivity contribution in [1.82, 2.24) is 15.5 Å². The summed E-state index contributed by atoms with van der Waals surface area (Å²) in [6.07, 6.45) is 2.07. The summed E-state index contributed by atoms with van der Waals surface area (Å²) in [4.78, 5) is 27.7. The molecule has 2 fully saturated rings. The fraction of sp³-hybridized carbons (Fsp3) is 0.600. The van der Waals surface area contributed by atoms with Crippen molar-refractivity contribution in [2.24, 2.45) is 17.8 Å². The fourth-order valence-electron chi connectivity index (χ4n) is 4.01. The van der Waals surface area contributed by atoms with Gasteiger partial charge in [0, 0.05) is 13.1 Å². The molecule has 0 aliphatic carbocycles. The molecule has 1 unspecified atom stereocenters. The molecule has 1 aromatic carbocycles. The number of hydrogen-bond acceptors (Lipinski definition) is 3. The molecule has 3 rings (SSSR count). The highest BCUT2D eigenvalue weighted by Crippen LogP contribution is 2.27. The fourth-order valence-corrected chi connectivity index (χ4v) is 4.23. The van der Waals surface area contributed by atoms with Gasteiger partial charge in [-0.2, -0.15) is 0 Å². The SMILES string of the molecule is CC(C)C(NC(=O)c1ccccc1Cl)C(=O)N1CC[C@@H]2CNC[C@@H]2CC1. The summed E-state index contributed by atoms with van der Waals surface area (Å²) >= 11 is 6.12. The Morgan fingerprint density at radius 1 is 1.15 bits per heavy atom. The average molecular weight is 378 g/mol. The first kappa shape index (κ1) is 19.2. The van der Waals surface area contributed by atoms with Crippen molar-refractivity contribution in [1.29, 1.82) is 0 Å². The third-order valence-electron chi connectivity index (χ3n) is 5.67. The maximum Gasteiger partial charge on any atom is 0.253 e. The molecule has 2 aliphatic rings. The van der Waals surface area contributed by atoms with E-state index < -0.39 is 6.04 Å². The summed E-state index contributed by atoms with van der Waals surface area (Å²) in [5.41, 5.74) is 0.407. The predicted molar refractivity (Wildman–Crippen MR) is 103 cm³/mol. The zero-order chi connectivity index (χ0) is 18.7. The molecule has 2 heterocycles. The van der Waals surface area contributed by atoms with E-state index in [0.29, 0.717) is 22.4 Å². The predicted octanol–water partition coefficient (Wildman–Crippen LogP) is 2.55. The molecule has 2 amide bonds. The third kappa shape index (κ3) is 4.21. The van der Waals surface area contributed by atoms with Crippen molar-refractivity contribution >= 4 is 23.4 Å². The zero-order valence-corrected chi connectivity index (χ0v) is 16.3. The lowest BCUT2D eigenvalue weighted by atomic mass is 9.92. The minimum absolute atomic E-state index is 0.0124. The first-order valence-corrected chi connectivity index (χ1v) is 9.90. The van der Waals surface area contributed by atoms with Crippen LogP contribution in [-0.2, 0) is 4.79 Å². The maximum atomic E-state index is 13.1. The molecule has 142 valence electrons. The summed E-state index contributed by atoms with van der Waals surface area (Å²) in [6.45, 7) is 7.59. The Hall–Kier alpha value is -1.59. The molecule has 0 aromatic heterocycles. The standard InChI is InChI=1S/C20H28ClN3O2/c1-13(2)18(23-19(25)16-5-3-4-6-17(16)21)20(26)24-9-7-14-11-22-12-15(14)8-10-24/h3-6,13-15,18,22H,7-12H2,1-2H3,(H,23,25)/t14-,15+,18?. The van der Waals surface area contributed by atoms with Crippen molar-refractivity contribution in [3.05, 3.63) is 34.9 Å². The number of rotatable bonds is 4. The second-order valence-corrected chi connectivity index (χ2v) is 8.16. The van der Waals surface area contributed by atoms with Gasteiger partial charge in [-0.05, 0) is 55.8 Å². The molecule has 26 heavy (non-hydrogen) atoms. The minimum Gasteiger partial charge on any atom is -0.341 e. The van der Waals surface area contributed by atoms with Crippen LogP contribution in [0.1, 0.15) is 37.0 Å². The van der Waals surface area contributed by atoms with Gasteiger partial charge in [0.15, 0.2) is 0 Å². The van der Waals surface area contributed by atoms with E-state index in [0.717, 1.165) is 39.0 Å². The molecule has 2 saturated heterocycles. The lowest BCUT2D eigenvalue weighted by molar-refractivity contribution is -0.134. The molecule has 6 heteroatoms. The van der Waals surface area contributed by atoms with Crippen LogP contribution < -0.4 is 10.6 Å². The van der Waals surface area contributed by atoms with E-state index in [1.54, 1.807) is 24.3 Å². The number of fused-ring (bicyclic) bond motifs is 1. The smallest absolute Gasteiger partial charge is 0.253 e. The number of amides is 2. The molecule has 0 saturated carbocycles. The van der Waals surface area contributed by atoms with Gasteiger partial charge in [0.25, 0.3) is 5.91 Å². The second kappa shape index (κ2) is 8.40. The highest BCUT2D eigenvalue weighted by atomic mass is 35.5. The Kier molecular flexibility index (Phi) is 6.20. The van der Waals surface area contributed by atoms with Crippen LogP contribution in [0.3, 0.4) is 0 Å². The van der Waals surface area contributed by atoms with E-state index >= 15 is 0 Å². The summed E-state index contributed by atoms with van der Waals surface area (Å²) in [7, 11) is 0. The molecule has 2 N–H and O–H groups in total. The maximum absolute atomic E-state index is 13.1. The highest BCUT2D eigenvalue weighted by molar-refractivity contribution is 6.33. The van der Waals surface area contributed by atoms with Gasteiger partial charge in [0.2, 0.25) is 5.91 Å². The van der Waals surface area contributed by atoms with E-state index in [9.17, 15) is 9.59 Å². The van der Waals surface area contributed by atoms with Gasteiger partial charge in [-0.3, -0.25) is 9.59 Å². The Labute approximate surface area is 160 Å². The Bertz CT molecular complexity index is 650. The number of nitrogens with zero attached hydrogens (tertiary/aromatic N) is 1. The number of carbonyl (C=O) groups excluding carboxylic acids is 2. The van der Waals surface area contributed by atoms with Crippen LogP contribution in [0.25, 0.3) is 0 Å². The summed E-state index contributed by atoms with van der Waals surface area (Å²) < 4.78 is 0. The molecule has 0 spiro atoms. The monoisotopic (exact) mass is 377 g/mol. The Morgan fingerprint density at radius 3 is 2.35 bits per heavy atom. The number of hydrogen-bond donors (Lipinski definition) is 2. The topological polar surface area (TPSA) is 61.4 Å². The van der Waals surface area contributed by atoms with E-state index in [2.05, 4.69) is 10.6 Å². The van der Waals surface area contributed by atoms with E-state index in [4.69, 9.17) is 11.6 Å². The van der Waals surface area contributed by atoms with Crippen molar-refractivity contribution in [2.45, 2.75) is 32.7 Å². The lowest BCUT2D eigenvalue weighted by Crippen LogP contribution is -2.51. The van der Waals surface area contributed by atoms with Gasteiger partial charge in [-0.15, -0.1) is 0 Å². The lowest BCUT2D eigenvalue weighted by Gasteiger charge is -2.29. The van der Waals surface area contributed by atoms with Crippen LogP contribution in [0.15, 0.2) is 24.3 Å². The minimum atomic E-state index is -0.533. The van der Waals surface area contributed by atoms with Crippen LogP contribution in [-0.4, -0.2) is 48.9 Å². The zero-order valence-electron chi connectivity index (χ0n) is 15.5. The number of nitrogens with one attached hydrogen (secondary N) is 2. The summed E-state index contributed by atoms with van der Waals surface area (Å²) in [5, 5.41) is 6.77. The first-order valence-electron chi connectivity index (χ1n) is 9.52. The first-order chi connectivity index (χ1) is 12.5. The van der Waals surface area contributed by atoms with Gasteiger partial charge in [-0.1, -0.05) is 37.6 Å². The van der Waals surface area contributed by atoms with Gasteiger partial charge < -0.3 is 15.5 Å². The molecular weight excluding hydrogens is 350 g/mol. The molecule has 3 atom stereocenters. The molecule has 0 bridgehead atoms. The largest absolute Gasteiger partial charge is 0.341 e.